The van der Waals surface area contributed by atoms with Crippen LogP contribution in [0.5, 0.6) is 11.5 Å². The maximum atomic E-state index is 12.2. The molecule has 0 bridgehead atoms. The van der Waals surface area contributed by atoms with Gasteiger partial charge in [-0.25, -0.2) is 4.79 Å². The van der Waals surface area contributed by atoms with Gasteiger partial charge in [-0.05, 0) is 30.7 Å². The molecule has 2 saturated heterocycles. The van der Waals surface area contributed by atoms with Crippen LogP contribution in [0.2, 0.25) is 0 Å². The number of carbonyl (C=O) groups excluding carboxylic acids is 1. The second-order valence-electron chi connectivity index (χ2n) is 8.01. The number of aliphatic hydroxyl groups excluding tert-OH is 6. The van der Waals surface area contributed by atoms with Crippen molar-refractivity contribution in [2.75, 3.05) is 6.61 Å². The van der Waals surface area contributed by atoms with Gasteiger partial charge in [0.15, 0.2) is 17.8 Å². The molecule has 34 heavy (non-hydrogen) atoms. The van der Waals surface area contributed by atoms with E-state index in [0.717, 1.165) is 6.08 Å². The van der Waals surface area contributed by atoms with E-state index >= 15 is 0 Å². The van der Waals surface area contributed by atoms with E-state index < -0.39 is 79.7 Å². The molecule has 13 heteroatoms. The van der Waals surface area contributed by atoms with Crippen LogP contribution in [0.25, 0.3) is 6.08 Å². The van der Waals surface area contributed by atoms with Gasteiger partial charge >= 0.3 is 5.97 Å². The fourth-order valence-corrected chi connectivity index (χ4v) is 3.55. The molecule has 0 amide bonds. The molecule has 0 radical (unpaired) electrons. The largest absolute Gasteiger partial charge is 0.504 e. The molecule has 3 rings (SSSR count). The molecule has 0 aromatic heterocycles. The van der Waals surface area contributed by atoms with Crippen LogP contribution in [-0.4, -0.2) is 115 Å². The zero-order valence-corrected chi connectivity index (χ0v) is 18.0. The van der Waals surface area contributed by atoms with Gasteiger partial charge < -0.3 is 59.8 Å². The number of phenolic OH excluding ortho intramolecular Hbond substituents is 2. The summed E-state index contributed by atoms with van der Waals surface area (Å²) in [6.07, 6.45) is -13.2. The summed E-state index contributed by atoms with van der Waals surface area (Å²) in [5.41, 5.74) is 0.348. The number of phenols is 2. The van der Waals surface area contributed by atoms with E-state index in [0.29, 0.717) is 5.56 Å². The molecular weight excluding hydrogens is 460 g/mol. The summed E-state index contributed by atoms with van der Waals surface area (Å²) in [4.78, 5) is 12.2. The van der Waals surface area contributed by atoms with Gasteiger partial charge in [-0.1, -0.05) is 6.07 Å². The Balaban J connectivity index is 1.70. The van der Waals surface area contributed by atoms with Crippen LogP contribution in [0.3, 0.4) is 0 Å². The Kier molecular flexibility index (Phi) is 8.46. The predicted octanol–water partition coefficient (Wildman–Crippen LogP) is -2.69. The highest BCUT2D eigenvalue weighted by Gasteiger charge is 2.51. The molecular formula is C21H28O13. The van der Waals surface area contributed by atoms with Gasteiger partial charge in [-0.15, -0.1) is 0 Å². The van der Waals surface area contributed by atoms with Crippen LogP contribution in [0.4, 0.5) is 0 Å². The van der Waals surface area contributed by atoms with Crippen molar-refractivity contribution in [3.05, 3.63) is 29.8 Å². The van der Waals surface area contributed by atoms with E-state index in [4.69, 9.17) is 18.9 Å². The van der Waals surface area contributed by atoms with E-state index in [9.17, 15) is 45.6 Å². The lowest BCUT2D eigenvalue weighted by atomic mass is 9.97. The van der Waals surface area contributed by atoms with Crippen molar-refractivity contribution in [3.63, 3.8) is 0 Å². The van der Waals surface area contributed by atoms with E-state index in [1.807, 2.05) is 0 Å². The summed E-state index contributed by atoms with van der Waals surface area (Å²) < 4.78 is 21.1. The van der Waals surface area contributed by atoms with Crippen molar-refractivity contribution in [3.8, 4) is 11.5 Å². The van der Waals surface area contributed by atoms with Crippen molar-refractivity contribution < 1.29 is 64.6 Å². The summed E-state index contributed by atoms with van der Waals surface area (Å²) in [6.45, 7) is 0.671. The molecule has 2 heterocycles. The van der Waals surface area contributed by atoms with Crippen LogP contribution in [0, 0.1) is 0 Å². The van der Waals surface area contributed by atoms with E-state index in [1.165, 1.54) is 31.2 Å². The molecule has 2 aliphatic rings. The van der Waals surface area contributed by atoms with Gasteiger partial charge in [-0.3, -0.25) is 0 Å². The van der Waals surface area contributed by atoms with Crippen molar-refractivity contribution in [1.82, 2.24) is 0 Å². The van der Waals surface area contributed by atoms with Gasteiger partial charge in [0.25, 0.3) is 0 Å². The molecule has 13 nitrogen and oxygen atoms in total. The topological polar surface area (TPSA) is 216 Å². The Hall–Kier alpha value is -2.33. The Labute approximate surface area is 193 Å². The fraction of sp³-hybridized carbons (Fsp3) is 0.571. The molecule has 8 N–H and O–H groups in total. The standard InChI is InChI=1S/C21H28O13/c1-8-14(26)16(28)17(29)20(31-8)34-19-15(27)12(7-22)32-21(18(19)30)33-13(25)5-3-9-2-4-10(23)11(24)6-9/h2-6,8,12,14-24,26-30H,7H2,1H3/t8-,12+,14-,15+,16+,17+,18+,19-,20-,21-/m0/s1. The van der Waals surface area contributed by atoms with Gasteiger partial charge in [0.05, 0.1) is 12.7 Å². The number of benzene rings is 1. The summed E-state index contributed by atoms with van der Waals surface area (Å²) in [6, 6.07) is 3.81. The van der Waals surface area contributed by atoms with E-state index in [2.05, 4.69) is 0 Å². The molecule has 0 aliphatic carbocycles. The first kappa shape index (κ1) is 26.3. The van der Waals surface area contributed by atoms with Crippen molar-refractivity contribution in [2.24, 2.45) is 0 Å². The normalized spacial score (nSPS) is 38.7. The van der Waals surface area contributed by atoms with Crippen LogP contribution < -0.4 is 0 Å². The highest BCUT2D eigenvalue weighted by Crippen LogP contribution is 2.30. The fourth-order valence-electron chi connectivity index (χ4n) is 3.55. The minimum Gasteiger partial charge on any atom is -0.504 e. The number of aliphatic hydroxyl groups is 6. The quantitative estimate of drug-likeness (QED) is 0.116. The highest BCUT2D eigenvalue weighted by molar-refractivity contribution is 5.87. The van der Waals surface area contributed by atoms with Crippen LogP contribution in [0.1, 0.15) is 12.5 Å². The predicted molar refractivity (Wildman–Crippen MR) is 110 cm³/mol. The maximum absolute atomic E-state index is 12.2. The second kappa shape index (κ2) is 10.9. The minimum absolute atomic E-state index is 0.346. The zero-order chi connectivity index (χ0) is 25.2. The Morgan fingerprint density at radius 1 is 0.941 bits per heavy atom. The average molecular weight is 488 g/mol. The van der Waals surface area contributed by atoms with Crippen LogP contribution >= 0.6 is 0 Å². The number of ether oxygens (including phenoxy) is 4. The Morgan fingerprint density at radius 3 is 2.29 bits per heavy atom. The Morgan fingerprint density at radius 2 is 1.65 bits per heavy atom. The maximum Gasteiger partial charge on any atom is 0.333 e. The number of esters is 1. The average Bonchev–Trinajstić information content (AvgIpc) is 2.81. The molecule has 0 unspecified atom stereocenters. The third-order valence-corrected chi connectivity index (χ3v) is 5.57. The third kappa shape index (κ3) is 5.66. The summed E-state index contributed by atoms with van der Waals surface area (Å²) >= 11 is 0. The Bertz CT molecular complexity index is 876. The molecule has 0 saturated carbocycles. The third-order valence-electron chi connectivity index (χ3n) is 5.57. The lowest BCUT2D eigenvalue weighted by molar-refractivity contribution is -0.352. The first-order valence-corrected chi connectivity index (χ1v) is 10.4. The number of hydrogen-bond donors (Lipinski definition) is 8. The molecule has 2 aliphatic heterocycles. The molecule has 190 valence electrons. The molecule has 1 aromatic carbocycles. The summed E-state index contributed by atoms with van der Waals surface area (Å²) in [7, 11) is 0. The van der Waals surface area contributed by atoms with Gasteiger partial charge in [-0.2, -0.15) is 0 Å². The number of rotatable bonds is 6. The number of aromatic hydroxyl groups is 2. The molecule has 10 atom stereocenters. The zero-order valence-electron chi connectivity index (χ0n) is 18.0. The SMILES string of the molecule is C[C@@H]1O[C@@H](O[C@@H]2[C@@H](O)[C@H](OC(=O)C=Cc3ccc(O)c(O)c3)O[C@H](CO)[C@H]2O)[C@H](O)[C@H](O)[C@H]1O. The summed E-state index contributed by atoms with van der Waals surface area (Å²) in [5, 5.41) is 79.3. The minimum atomic E-state index is -1.80. The van der Waals surface area contributed by atoms with Crippen molar-refractivity contribution in [2.45, 2.75) is 68.3 Å². The first-order valence-electron chi connectivity index (χ1n) is 10.4. The molecule has 1 aromatic rings. The van der Waals surface area contributed by atoms with Crippen LogP contribution in [0.15, 0.2) is 24.3 Å². The number of hydrogen-bond acceptors (Lipinski definition) is 13. The second-order valence-corrected chi connectivity index (χ2v) is 8.01. The van der Waals surface area contributed by atoms with E-state index in [1.54, 1.807) is 0 Å². The van der Waals surface area contributed by atoms with Gasteiger partial charge in [0, 0.05) is 6.08 Å². The number of carbonyl (C=O) groups is 1. The molecule has 2 fully saturated rings. The van der Waals surface area contributed by atoms with Gasteiger partial charge in [0.2, 0.25) is 6.29 Å². The van der Waals surface area contributed by atoms with Crippen LogP contribution in [-0.2, 0) is 23.7 Å². The first-order chi connectivity index (χ1) is 16.0. The van der Waals surface area contributed by atoms with E-state index in [-0.39, 0.29) is 5.75 Å². The lowest BCUT2D eigenvalue weighted by Crippen LogP contribution is -2.64. The van der Waals surface area contributed by atoms with Crippen molar-refractivity contribution >= 4 is 12.0 Å². The molecule has 0 spiro atoms. The lowest BCUT2D eigenvalue weighted by Gasteiger charge is -2.45. The van der Waals surface area contributed by atoms with Crippen molar-refractivity contribution in [1.29, 1.82) is 0 Å². The summed E-state index contributed by atoms with van der Waals surface area (Å²) in [5.74, 6) is -1.74. The monoisotopic (exact) mass is 488 g/mol. The highest BCUT2D eigenvalue weighted by atomic mass is 16.7. The smallest absolute Gasteiger partial charge is 0.333 e. The van der Waals surface area contributed by atoms with Gasteiger partial charge in [0.1, 0.15) is 42.7 Å².